The SMILES string of the molecule is CC(C)S(=O)(=O)c1cccc(C(=O)Nc2nnc(-c3cccc(Br)c3)o2)c1. The largest absolute Gasteiger partial charge is 0.403 e. The highest BCUT2D eigenvalue weighted by atomic mass is 79.9. The molecular formula is C18H16BrN3O4S. The molecule has 1 N–H and O–H groups in total. The van der Waals surface area contributed by atoms with E-state index in [9.17, 15) is 13.2 Å². The van der Waals surface area contributed by atoms with E-state index < -0.39 is 21.0 Å². The Labute approximate surface area is 164 Å². The van der Waals surface area contributed by atoms with Gasteiger partial charge in [0, 0.05) is 15.6 Å². The Morgan fingerprint density at radius 1 is 1.11 bits per heavy atom. The van der Waals surface area contributed by atoms with Gasteiger partial charge >= 0.3 is 6.01 Å². The number of nitrogens with zero attached hydrogens (tertiary/aromatic N) is 2. The first-order valence-corrected chi connectivity index (χ1v) is 10.4. The number of hydrogen-bond donors (Lipinski definition) is 1. The van der Waals surface area contributed by atoms with E-state index >= 15 is 0 Å². The molecule has 2 aromatic carbocycles. The highest BCUT2D eigenvalue weighted by molar-refractivity contribution is 9.10. The Balaban J connectivity index is 1.81. The van der Waals surface area contributed by atoms with Crippen LogP contribution >= 0.6 is 15.9 Å². The lowest BCUT2D eigenvalue weighted by Crippen LogP contribution is -2.16. The van der Waals surface area contributed by atoms with Crippen molar-refractivity contribution >= 4 is 37.7 Å². The minimum Gasteiger partial charge on any atom is -0.403 e. The van der Waals surface area contributed by atoms with Gasteiger partial charge in [-0.15, -0.1) is 5.10 Å². The molecule has 0 aliphatic carbocycles. The van der Waals surface area contributed by atoms with Crippen LogP contribution in [0.3, 0.4) is 0 Å². The van der Waals surface area contributed by atoms with Gasteiger partial charge < -0.3 is 4.42 Å². The van der Waals surface area contributed by atoms with Gasteiger partial charge in [0.1, 0.15) is 0 Å². The molecule has 0 saturated carbocycles. The topological polar surface area (TPSA) is 102 Å². The second-order valence-electron chi connectivity index (χ2n) is 6.00. The van der Waals surface area contributed by atoms with Crippen LogP contribution < -0.4 is 5.32 Å². The van der Waals surface area contributed by atoms with Crippen LogP contribution in [-0.2, 0) is 9.84 Å². The number of sulfone groups is 1. The van der Waals surface area contributed by atoms with Crippen molar-refractivity contribution in [3.05, 3.63) is 58.6 Å². The van der Waals surface area contributed by atoms with Crippen LogP contribution in [0.15, 0.2) is 62.3 Å². The lowest BCUT2D eigenvalue weighted by Gasteiger charge is -2.09. The van der Waals surface area contributed by atoms with Crippen molar-refractivity contribution in [2.45, 2.75) is 24.0 Å². The third-order valence-corrected chi connectivity index (χ3v) is 6.41. The zero-order valence-electron chi connectivity index (χ0n) is 14.5. The van der Waals surface area contributed by atoms with Crippen LogP contribution in [0, 0.1) is 0 Å². The second kappa shape index (κ2) is 7.61. The molecular weight excluding hydrogens is 434 g/mol. The number of halogens is 1. The van der Waals surface area contributed by atoms with Crippen molar-refractivity contribution in [3.63, 3.8) is 0 Å². The van der Waals surface area contributed by atoms with Gasteiger partial charge in [0.25, 0.3) is 5.91 Å². The molecule has 0 aliphatic heterocycles. The van der Waals surface area contributed by atoms with Gasteiger partial charge in [-0.05, 0) is 50.2 Å². The van der Waals surface area contributed by atoms with Gasteiger partial charge in [0.15, 0.2) is 9.84 Å². The number of nitrogens with one attached hydrogen (secondary N) is 1. The highest BCUT2D eigenvalue weighted by Crippen LogP contribution is 2.23. The Morgan fingerprint density at radius 2 is 1.85 bits per heavy atom. The first-order chi connectivity index (χ1) is 12.8. The molecule has 9 heteroatoms. The van der Waals surface area contributed by atoms with Gasteiger partial charge in [-0.2, -0.15) is 0 Å². The minimum absolute atomic E-state index is 0.0768. The quantitative estimate of drug-likeness (QED) is 0.632. The number of benzene rings is 2. The summed E-state index contributed by atoms with van der Waals surface area (Å²) in [5.41, 5.74) is 0.876. The Bertz CT molecular complexity index is 1090. The maximum Gasteiger partial charge on any atom is 0.322 e. The summed E-state index contributed by atoms with van der Waals surface area (Å²) in [5.74, 6) is -0.289. The zero-order chi connectivity index (χ0) is 19.6. The normalized spacial score (nSPS) is 11.6. The lowest BCUT2D eigenvalue weighted by molar-refractivity contribution is 0.102. The van der Waals surface area contributed by atoms with Gasteiger partial charge in [-0.3, -0.25) is 10.1 Å². The number of rotatable bonds is 5. The maximum absolute atomic E-state index is 12.4. The van der Waals surface area contributed by atoms with E-state index in [0.29, 0.717) is 5.56 Å². The van der Waals surface area contributed by atoms with E-state index in [1.54, 1.807) is 26.0 Å². The number of hydrogen-bond acceptors (Lipinski definition) is 6. The van der Waals surface area contributed by atoms with E-state index in [1.165, 1.54) is 24.3 Å². The van der Waals surface area contributed by atoms with Crippen LogP contribution in [-0.4, -0.2) is 29.8 Å². The van der Waals surface area contributed by atoms with Crippen LogP contribution in [0.4, 0.5) is 6.01 Å². The van der Waals surface area contributed by atoms with Crippen molar-refractivity contribution in [3.8, 4) is 11.5 Å². The summed E-state index contributed by atoms with van der Waals surface area (Å²) >= 11 is 3.36. The summed E-state index contributed by atoms with van der Waals surface area (Å²) in [7, 11) is -3.48. The molecule has 0 atom stereocenters. The molecule has 0 bridgehead atoms. The number of amides is 1. The Morgan fingerprint density at radius 3 is 2.56 bits per heavy atom. The Kier molecular flexibility index (Phi) is 5.43. The summed E-state index contributed by atoms with van der Waals surface area (Å²) in [6.45, 7) is 3.17. The molecule has 0 fully saturated rings. The third-order valence-electron chi connectivity index (χ3n) is 3.76. The first kappa shape index (κ1) is 19.2. The average molecular weight is 450 g/mol. The molecule has 27 heavy (non-hydrogen) atoms. The summed E-state index contributed by atoms with van der Waals surface area (Å²) in [6.07, 6.45) is 0. The molecule has 3 rings (SSSR count). The van der Waals surface area contributed by atoms with Gasteiger partial charge in [0.05, 0.1) is 10.1 Å². The standard InChI is InChI=1S/C18H16BrN3O4S/c1-11(2)27(24,25)15-8-4-5-12(10-15)16(23)20-18-22-21-17(26-18)13-6-3-7-14(19)9-13/h3-11H,1-2H3,(H,20,22,23). The molecule has 0 aliphatic rings. The van der Waals surface area contributed by atoms with Crippen molar-refractivity contribution in [2.24, 2.45) is 0 Å². The van der Waals surface area contributed by atoms with E-state index in [4.69, 9.17) is 4.42 Å². The number of aromatic nitrogens is 2. The minimum atomic E-state index is -3.48. The highest BCUT2D eigenvalue weighted by Gasteiger charge is 2.21. The van der Waals surface area contributed by atoms with Crippen molar-refractivity contribution < 1.29 is 17.6 Å². The van der Waals surface area contributed by atoms with Crippen LogP contribution in [0.2, 0.25) is 0 Å². The molecule has 0 radical (unpaired) electrons. The molecule has 0 saturated heterocycles. The molecule has 7 nitrogen and oxygen atoms in total. The van der Waals surface area contributed by atoms with Gasteiger partial charge in [-0.1, -0.05) is 33.2 Å². The fourth-order valence-corrected chi connectivity index (χ4v) is 3.77. The predicted molar refractivity (Wildman–Crippen MR) is 104 cm³/mol. The fourth-order valence-electron chi connectivity index (χ4n) is 2.27. The molecule has 0 spiro atoms. The zero-order valence-corrected chi connectivity index (χ0v) is 16.9. The Hall–Kier alpha value is -2.52. The monoisotopic (exact) mass is 449 g/mol. The van der Waals surface area contributed by atoms with E-state index in [0.717, 1.165) is 4.47 Å². The number of carbonyl (C=O) groups excluding carboxylic acids is 1. The summed E-state index contributed by atoms with van der Waals surface area (Å²) in [6, 6.07) is 13.0. The first-order valence-electron chi connectivity index (χ1n) is 8.02. The predicted octanol–water partition coefficient (Wildman–Crippen LogP) is 3.93. The smallest absolute Gasteiger partial charge is 0.322 e. The van der Waals surface area contributed by atoms with Crippen LogP contribution in [0.1, 0.15) is 24.2 Å². The van der Waals surface area contributed by atoms with Gasteiger partial charge in [-0.25, -0.2) is 8.42 Å². The number of anilines is 1. The van der Waals surface area contributed by atoms with Crippen molar-refractivity contribution in [2.75, 3.05) is 5.32 Å². The molecule has 0 unspecified atom stereocenters. The van der Waals surface area contributed by atoms with Crippen LogP contribution in [0.5, 0.6) is 0 Å². The lowest BCUT2D eigenvalue weighted by atomic mass is 10.2. The molecule has 140 valence electrons. The van der Waals surface area contributed by atoms with Gasteiger partial charge in [0.2, 0.25) is 5.89 Å². The summed E-state index contributed by atoms with van der Waals surface area (Å²) < 4.78 is 30.9. The van der Waals surface area contributed by atoms with Crippen LogP contribution in [0.25, 0.3) is 11.5 Å². The van der Waals surface area contributed by atoms with Crippen molar-refractivity contribution in [1.82, 2.24) is 10.2 Å². The third kappa shape index (κ3) is 4.25. The summed E-state index contributed by atoms with van der Waals surface area (Å²) in [4.78, 5) is 12.5. The van der Waals surface area contributed by atoms with Crippen molar-refractivity contribution in [1.29, 1.82) is 0 Å². The second-order valence-corrected chi connectivity index (χ2v) is 9.42. The maximum atomic E-state index is 12.4. The molecule has 1 aromatic heterocycles. The molecule has 1 heterocycles. The fraction of sp³-hybridized carbons (Fsp3) is 0.167. The van der Waals surface area contributed by atoms with E-state index in [1.807, 2.05) is 12.1 Å². The molecule has 1 amide bonds. The summed E-state index contributed by atoms with van der Waals surface area (Å²) in [5, 5.41) is 9.61. The van der Waals surface area contributed by atoms with E-state index in [-0.39, 0.29) is 22.4 Å². The average Bonchev–Trinajstić information content (AvgIpc) is 3.10. The van der Waals surface area contributed by atoms with E-state index in [2.05, 4.69) is 31.4 Å². The number of carbonyl (C=O) groups is 1. The molecule has 3 aromatic rings.